The van der Waals surface area contributed by atoms with Crippen molar-refractivity contribution in [1.82, 2.24) is 0 Å². The van der Waals surface area contributed by atoms with Gasteiger partial charge >= 0.3 is 0 Å². The summed E-state index contributed by atoms with van der Waals surface area (Å²) in [4.78, 5) is 0. The van der Waals surface area contributed by atoms with E-state index in [0.29, 0.717) is 6.04 Å². The molecule has 0 radical (unpaired) electrons. The molecule has 2 aromatic rings. The fourth-order valence-electron chi connectivity index (χ4n) is 2.75. The SMILES string of the molecule is c1ccc(C[C@H]2[NH2+]CCc3ccccc32)cc1. The minimum atomic E-state index is 0.599. The van der Waals surface area contributed by atoms with E-state index in [2.05, 4.69) is 59.9 Å². The molecule has 1 aliphatic rings. The summed E-state index contributed by atoms with van der Waals surface area (Å²) >= 11 is 0. The molecule has 0 spiro atoms. The monoisotopic (exact) mass is 224 g/mol. The zero-order valence-corrected chi connectivity index (χ0v) is 9.97. The van der Waals surface area contributed by atoms with E-state index >= 15 is 0 Å². The van der Waals surface area contributed by atoms with Crippen LogP contribution in [0.1, 0.15) is 22.7 Å². The van der Waals surface area contributed by atoms with Gasteiger partial charge in [0.1, 0.15) is 6.04 Å². The second-order valence-electron chi connectivity index (χ2n) is 4.77. The smallest absolute Gasteiger partial charge is 0.116 e. The van der Waals surface area contributed by atoms with Gasteiger partial charge in [-0.25, -0.2) is 0 Å². The first-order chi connectivity index (χ1) is 8.43. The van der Waals surface area contributed by atoms with Crippen LogP contribution in [0.2, 0.25) is 0 Å². The first kappa shape index (κ1) is 10.5. The van der Waals surface area contributed by atoms with Gasteiger partial charge in [0.2, 0.25) is 0 Å². The third-order valence-corrected chi connectivity index (χ3v) is 3.62. The summed E-state index contributed by atoms with van der Waals surface area (Å²) in [5, 5.41) is 2.48. The topological polar surface area (TPSA) is 16.6 Å². The highest BCUT2D eigenvalue weighted by atomic mass is 14.9. The Hall–Kier alpha value is -1.60. The standard InChI is InChI=1S/C16H17N/c1-2-6-13(7-3-1)12-16-15-9-5-4-8-14(15)10-11-17-16/h1-9,16-17H,10-12H2/p+1/t16-/m1/s1. The molecular weight excluding hydrogens is 206 g/mol. The van der Waals surface area contributed by atoms with E-state index in [9.17, 15) is 0 Å². The minimum Gasteiger partial charge on any atom is -0.340 e. The predicted molar refractivity (Wildman–Crippen MR) is 69.8 cm³/mol. The molecule has 0 saturated heterocycles. The minimum absolute atomic E-state index is 0.599. The Kier molecular flexibility index (Phi) is 2.93. The molecule has 3 rings (SSSR count). The van der Waals surface area contributed by atoms with Crippen LogP contribution in [-0.4, -0.2) is 6.54 Å². The normalized spacial score (nSPS) is 18.7. The Morgan fingerprint density at radius 1 is 0.941 bits per heavy atom. The lowest BCUT2D eigenvalue weighted by Gasteiger charge is -2.23. The molecule has 1 heteroatoms. The van der Waals surface area contributed by atoms with Gasteiger partial charge in [-0.3, -0.25) is 0 Å². The third kappa shape index (κ3) is 2.25. The van der Waals surface area contributed by atoms with Gasteiger partial charge in [-0.1, -0.05) is 54.6 Å². The van der Waals surface area contributed by atoms with Gasteiger partial charge in [0.05, 0.1) is 6.54 Å². The number of rotatable bonds is 2. The van der Waals surface area contributed by atoms with Crippen molar-refractivity contribution in [3.63, 3.8) is 0 Å². The van der Waals surface area contributed by atoms with Crippen molar-refractivity contribution in [2.45, 2.75) is 18.9 Å². The Balaban J connectivity index is 1.86. The van der Waals surface area contributed by atoms with E-state index in [0.717, 1.165) is 6.42 Å². The summed E-state index contributed by atoms with van der Waals surface area (Å²) in [6.07, 6.45) is 2.35. The summed E-state index contributed by atoms with van der Waals surface area (Å²) in [6, 6.07) is 20.3. The summed E-state index contributed by atoms with van der Waals surface area (Å²) in [5.41, 5.74) is 4.50. The number of fused-ring (bicyclic) bond motifs is 1. The van der Waals surface area contributed by atoms with Crippen LogP contribution in [0.4, 0.5) is 0 Å². The van der Waals surface area contributed by atoms with Crippen molar-refractivity contribution in [3.8, 4) is 0 Å². The number of hydrogen-bond donors (Lipinski definition) is 1. The summed E-state index contributed by atoms with van der Waals surface area (Å²) in [6.45, 7) is 1.22. The molecule has 17 heavy (non-hydrogen) atoms. The lowest BCUT2D eigenvalue weighted by Crippen LogP contribution is -2.87. The Morgan fingerprint density at radius 2 is 1.71 bits per heavy atom. The molecule has 1 atom stereocenters. The van der Waals surface area contributed by atoms with Crippen molar-refractivity contribution in [2.24, 2.45) is 0 Å². The van der Waals surface area contributed by atoms with E-state index in [1.54, 1.807) is 0 Å². The molecule has 2 aromatic carbocycles. The van der Waals surface area contributed by atoms with Crippen LogP contribution in [0.25, 0.3) is 0 Å². The molecule has 1 aliphatic heterocycles. The largest absolute Gasteiger partial charge is 0.340 e. The van der Waals surface area contributed by atoms with Gasteiger partial charge in [0, 0.05) is 18.4 Å². The molecule has 0 amide bonds. The highest BCUT2D eigenvalue weighted by molar-refractivity contribution is 5.31. The van der Waals surface area contributed by atoms with E-state index in [1.165, 1.54) is 29.7 Å². The van der Waals surface area contributed by atoms with Gasteiger partial charge in [-0.15, -0.1) is 0 Å². The molecule has 0 bridgehead atoms. The number of quaternary nitrogens is 1. The highest BCUT2D eigenvalue weighted by Gasteiger charge is 2.22. The van der Waals surface area contributed by atoms with Crippen LogP contribution in [0.5, 0.6) is 0 Å². The quantitative estimate of drug-likeness (QED) is 0.804. The van der Waals surface area contributed by atoms with E-state index < -0.39 is 0 Å². The molecule has 1 heterocycles. The van der Waals surface area contributed by atoms with Crippen LogP contribution >= 0.6 is 0 Å². The number of hydrogen-bond acceptors (Lipinski definition) is 0. The summed E-state index contributed by atoms with van der Waals surface area (Å²) in [7, 11) is 0. The highest BCUT2D eigenvalue weighted by Crippen LogP contribution is 2.21. The Labute approximate surface area is 102 Å². The predicted octanol–water partition coefficient (Wildman–Crippen LogP) is 2.09. The molecule has 0 fully saturated rings. The molecule has 0 aromatic heterocycles. The molecule has 0 saturated carbocycles. The summed E-state index contributed by atoms with van der Waals surface area (Å²) in [5.74, 6) is 0. The average molecular weight is 224 g/mol. The lowest BCUT2D eigenvalue weighted by molar-refractivity contribution is -0.698. The van der Waals surface area contributed by atoms with Crippen molar-refractivity contribution in [2.75, 3.05) is 6.54 Å². The maximum absolute atomic E-state index is 2.48. The van der Waals surface area contributed by atoms with Crippen LogP contribution < -0.4 is 5.32 Å². The van der Waals surface area contributed by atoms with Crippen LogP contribution in [-0.2, 0) is 12.8 Å². The lowest BCUT2D eigenvalue weighted by atomic mass is 9.90. The van der Waals surface area contributed by atoms with E-state index in [-0.39, 0.29) is 0 Å². The molecule has 0 unspecified atom stereocenters. The fourth-order valence-corrected chi connectivity index (χ4v) is 2.75. The van der Waals surface area contributed by atoms with Crippen molar-refractivity contribution < 1.29 is 5.32 Å². The zero-order chi connectivity index (χ0) is 11.5. The van der Waals surface area contributed by atoms with Crippen LogP contribution in [0, 0.1) is 0 Å². The van der Waals surface area contributed by atoms with Gasteiger partial charge in [0.25, 0.3) is 0 Å². The van der Waals surface area contributed by atoms with Crippen molar-refractivity contribution >= 4 is 0 Å². The van der Waals surface area contributed by atoms with Gasteiger partial charge in [0.15, 0.2) is 0 Å². The molecule has 86 valence electrons. The Morgan fingerprint density at radius 3 is 2.59 bits per heavy atom. The zero-order valence-electron chi connectivity index (χ0n) is 9.97. The third-order valence-electron chi connectivity index (χ3n) is 3.62. The second kappa shape index (κ2) is 4.72. The second-order valence-corrected chi connectivity index (χ2v) is 4.77. The van der Waals surface area contributed by atoms with Gasteiger partial charge in [-0.05, 0) is 11.1 Å². The maximum Gasteiger partial charge on any atom is 0.116 e. The maximum atomic E-state index is 2.48. The molecular formula is C16H18N+. The van der Waals surface area contributed by atoms with Crippen molar-refractivity contribution in [3.05, 3.63) is 71.3 Å². The van der Waals surface area contributed by atoms with E-state index in [1.807, 2.05) is 0 Å². The van der Waals surface area contributed by atoms with Crippen LogP contribution in [0.15, 0.2) is 54.6 Å². The Bertz CT molecular complexity index is 490. The first-order valence-electron chi connectivity index (χ1n) is 6.38. The summed E-state index contributed by atoms with van der Waals surface area (Å²) < 4.78 is 0. The van der Waals surface area contributed by atoms with Crippen molar-refractivity contribution in [1.29, 1.82) is 0 Å². The van der Waals surface area contributed by atoms with Gasteiger partial charge < -0.3 is 5.32 Å². The van der Waals surface area contributed by atoms with Gasteiger partial charge in [-0.2, -0.15) is 0 Å². The molecule has 0 aliphatic carbocycles. The first-order valence-corrected chi connectivity index (χ1v) is 6.38. The fraction of sp³-hybridized carbons (Fsp3) is 0.250. The van der Waals surface area contributed by atoms with E-state index in [4.69, 9.17) is 0 Å². The average Bonchev–Trinajstić information content (AvgIpc) is 2.40. The number of nitrogens with two attached hydrogens (primary N) is 1. The molecule has 2 N–H and O–H groups in total. The molecule has 1 nitrogen and oxygen atoms in total. The number of benzene rings is 2. The van der Waals surface area contributed by atoms with Crippen LogP contribution in [0.3, 0.4) is 0 Å².